The van der Waals surface area contributed by atoms with E-state index in [9.17, 15) is 9.18 Å². The number of nitrogens with zero attached hydrogens (tertiary/aromatic N) is 1. The van der Waals surface area contributed by atoms with Gasteiger partial charge in [0, 0.05) is 6.54 Å². The third-order valence-electron chi connectivity index (χ3n) is 2.93. The molecule has 0 N–H and O–H groups in total. The highest BCUT2D eigenvalue weighted by atomic mass is 35.5. The number of ether oxygens (including phenoxy) is 1. The molecule has 5 heteroatoms. The van der Waals surface area contributed by atoms with Crippen LogP contribution in [-0.2, 0) is 4.74 Å². The van der Waals surface area contributed by atoms with Crippen molar-refractivity contribution >= 4 is 18.4 Å². The number of hydrogen-bond acceptors (Lipinski definition) is 3. The molecule has 1 aromatic carbocycles. The second kappa shape index (κ2) is 6.71. The molecule has 0 radical (unpaired) electrons. The lowest BCUT2D eigenvalue weighted by Gasteiger charge is -2.29. The third kappa shape index (κ3) is 3.96. The molecular weight excluding hydrogens is 257 g/mol. The van der Waals surface area contributed by atoms with Crippen molar-refractivity contribution in [2.24, 2.45) is 0 Å². The summed E-state index contributed by atoms with van der Waals surface area (Å²) in [5.41, 5.74) is 0.402. The fourth-order valence-electron chi connectivity index (χ4n) is 2.02. The van der Waals surface area contributed by atoms with Gasteiger partial charge in [0.05, 0.1) is 5.56 Å². The Kier molecular flexibility index (Phi) is 5.56. The molecule has 0 amide bonds. The molecule has 0 spiro atoms. The molecule has 2 rings (SSSR count). The number of benzene rings is 1. The van der Waals surface area contributed by atoms with Gasteiger partial charge in [-0.25, -0.2) is 9.18 Å². The largest absolute Gasteiger partial charge is 0.457 e. The van der Waals surface area contributed by atoms with Gasteiger partial charge in [-0.1, -0.05) is 0 Å². The van der Waals surface area contributed by atoms with E-state index in [-0.39, 0.29) is 30.3 Å². The van der Waals surface area contributed by atoms with Crippen LogP contribution in [0.3, 0.4) is 0 Å². The molecule has 1 aliphatic rings. The van der Waals surface area contributed by atoms with Gasteiger partial charge in [0.2, 0.25) is 0 Å². The molecule has 3 nitrogen and oxygen atoms in total. The van der Waals surface area contributed by atoms with Crippen molar-refractivity contribution in [3.63, 3.8) is 0 Å². The van der Waals surface area contributed by atoms with E-state index in [0.29, 0.717) is 5.56 Å². The van der Waals surface area contributed by atoms with Gasteiger partial charge in [0.25, 0.3) is 0 Å². The van der Waals surface area contributed by atoms with E-state index in [0.717, 1.165) is 25.9 Å². The van der Waals surface area contributed by atoms with Gasteiger partial charge < -0.3 is 9.64 Å². The molecule has 1 aromatic rings. The maximum absolute atomic E-state index is 12.7. The molecule has 18 heavy (non-hydrogen) atoms. The topological polar surface area (TPSA) is 29.5 Å². The van der Waals surface area contributed by atoms with Crippen LogP contribution in [0.15, 0.2) is 24.3 Å². The van der Waals surface area contributed by atoms with Crippen LogP contribution in [0, 0.1) is 5.82 Å². The number of halogens is 2. The lowest BCUT2D eigenvalue weighted by atomic mass is 10.1. The minimum absolute atomic E-state index is 0. The third-order valence-corrected chi connectivity index (χ3v) is 2.93. The summed E-state index contributed by atoms with van der Waals surface area (Å²) in [6.07, 6.45) is 1.89. The predicted molar refractivity (Wildman–Crippen MR) is 69.6 cm³/mol. The maximum Gasteiger partial charge on any atom is 0.338 e. The van der Waals surface area contributed by atoms with Crippen LogP contribution < -0.4 is 0 Å². The van der Waals surface area contributed by atoms with Crippen LogP contribution in [0.25, 0.3) is 0 Å². The lowest BCUT2D eigenvalue weighted by Crippen LogP contribution is -2.38. The van der Waals surface area contributed by atoms with Gasteiger partial charge in [0.1, 0.15) is 11.9 Å². The molecule has 0 saturated carbocycles. The van der Waals surface area contributed by atoms with Gasteiger partial charge in [0.15, 0.2) is 0 Å². The SMILES string of the molecule is CN1CCCC(OC(=O)c2ccc(F)cc2)C1.Cl. The predicted octanol–water partition coefficient (Wildman–Crippen LogP) is 2.50. The molecule has 0 bridgehead atoms. The van der Waals surface area contributed by atoms with E-state index in [4.69, 9.17) is 4.74 Å². The Labute approximate surface area is 112 Å². The minimum Gasteiger partial charge on any atom is -0.457 e. The van der Waals surface area contributed by atoms with Gasteiger partial charge in [-0.15, -0.1) is 12.4 Å². The zero-order chi connectivity index (χ0) is 12.3. The summed E-state index contributed by atoms with van der Waals surface area (Å²) in [4.78, 5) is 13.9. The molecule has 1 heterocycles. The standard InChI is InChI=1S/C13H16FNO2.ClH/c1-15-8-2-3-12(9-15)17-13(16)10-4-6-11(14)7-5-10;/h4-7,12H,2-3,8-9H2,1H3;1H. The van der Waals surface area contributed by atoms with Crippen LogP contribution in [0.4, 0.5) is 4.39 Å². The first-order valence-electron chi connectivity index (χ1n) is 5.80. The number of carbonyl (C=O) groups excluding carboxylic acids is 1. The molecule has 0 aliphatic carbocycles. The number of likely N-dealkylation sites (tertiary alicyclic amines) is 1. The molecule has 100 valence electrons. The summed E-state index contributed by atoms with van der Waals surface area (Å²) in [6.45, 7) is 1.82. The summed E-state index contributed by atoms with van der Waals surface area (Å²) >= 11 is 0. The Bertz CT molecular complexity index is 396. The van der Waals surface area contributed by atoms with Gasteiger partial charge in [-0.3, -0.25) is 0 Å². The van der Waals surface area contributed by atoms with Crippen LogP contribution >= 0.6 is 12.4 Å². The highest BCUT2D eigenvalue weighted by molar-refractivity contribution is 5.89. The smallest absolute Gasteiger partial charge is 0.338 e. The number of esters is 1. The molecule has 1 atom stereocenters. The first-order chi connectivity index (χ1) is 8.15. The lowest BCUT2D eigenvalue weighted by molar-refractivity contribution is 0.0108. The van der Waals surface area contributed by atoms with E-state index in [1.54, 1.807) is 0 Å². The van der Waals surface area contributed by atoms with Crippen molar-refractivity contribution in [2.75, 3.05) is 20.1 Å². The average molecular weight is 274 g/mol. The number of rotatable bonds is 2. The summed E-state index contributed by atoms with van der Waals surface area (Å²) in [5, 5.41) is 0. The monoisotopic (exact) mass is 273 g/mol. The Balaban J connectivity index is 0.00000162. The first-order valence-corrected chi connectivity index (χ1v) is 5.80. The number of hydrogen-bond donors (Lipinski definition) is 0. The number of carbonyl (C=O) groups is 1. The quantitative estimate of drug-likeness (QED) is 0.776. The van der Waals surface area contributed by atoms with Crippen molar-refractivity contribution in [2.45, 2.75) is 18.9 Å². The summed E-state index contributed by atoms with van der Waals surface area (Å²) < 4.78 is 18.1. The summed E-state index contributed by atoms with van der Waals surface area (Å²) in [7, 11) is 2.01. The summed E-state index contributed by atoms with van der Waals surface area (Å²) in [5.74, 6) is -0.718. The molecule has 1 unspecified atom stereocenters. The Morgan fingerprint density at radius 1 is 1.39 bits per heavy atom. The summed E-state index contributed by atoms with van der Waals surface area (Å²) in [6, 6.07) is 5.43. The Morgan fingerprint density at radius 3 is 2.67 bits per heavy atom. The van der Waals surface area contributed by atoms with Gasteiger partial charge in [-0.05, 0) is 50.7 Å². The highest BCUT2D eigenvalue weighted by Gasteiger charge is 2.21. The van der Waals surface area contributed by atoms with Crippen molar-refractivity contribution in [3.05, 3.63) is 35.6 Å². The van der Waals surface area contributed by atoms with Crippen molar-refractivity contribution in [3.8, 4) is 0 Å². The van der Waals surface area contributed by atoms with Crippen molar-refractivity contribution in [1.82, 2.24) is 4.90 Å². The van der Waals surface area contributed by atoms with Gasteiger partial charge in [-0.2, -0.15) is 0 Å². The average Bonchev–Trinajstić information content (AvgIpc) is 2.29. The van der Waals surface area contributed by atoms with Crippen molar-refractivity contribution < 1.29 is 13.9 Å². The highest BCUT2D eigenvalue weighted by Crippen LogP contribution is 2.14. The zero-order valence-corrected chi connectivity index (χ0v) is 11.1. The van der Waals surface area contributed by atoms with E-state index in [1.165, 1.54) is 24.3 Å². The molecule has 0 aromatic heterocycles. The van der Waals surface area contributed by atoms with Crippen LogP contribution in [0.2, 0.25) is 0 Å². The van der Waals surface area contributed by atoms with Crippen LogP contribution in [0.1, 0.15) is 23.2 Å². The van der Waals surface area contributed by atoms with Crippen LogP contribution in [0.5, 0.6) is 0 Å². The number of piperidine rings is 1. The Hall–Kier alpha value is -1.13. The zero-order valence-electron chi connectivity index (χ0n) is 10.3. The minimum atomic E-state index is -0.370. The Morgan fingerprint density at radius 2 is 2.06 bits per heavy atom. The fourth-order valence-corrected chi connectivity index (χ4v) is 2.02. The second-order valence-electron chi connectivity index (χ2n) is 4.44. The molecule has 1 saturated heterocycles. The van der Waals surface area contributed by atoms with Crippen LogP contribution in [-0.4, -0.2) is 37.1 Å². The second-order valence-corrected chi connectivity index (χ2v) is 4.44. The maximum atomic E-state index is 12.7. The van der Waals surface area contributed by atoms with E-state index in [2.05, 4.69) is 4.90 Å². The van der Waals surface area contributed by atoms with E-state index in [1.807, 2.05) is 7.05 Å². The number of likely N-dealkylation sites (N-methyl/N-ethyl adjacent to an activating group) is 1. The van der Waals surface area contributed by atoms with E-state index >= 15 is 0 Å². The van der Waals surface area contributed by atoms with Crippen molar-refractivity contribution in [1.29, 1.82) is 0 Å². The van der Waals surface area contributed by atoms with E-state index < -0.39 is 0 Å². The fraction of sp³-hybridized carbons (Fsp3) is 0.462. The normalized spacial score (nSPS) is 20.0. The molecular formula is C13H17ClFNO2. The molecule has 1 fully saturated rings. The molecule has 1 aliphatic heterocycles. The van der Waals surface area contributed by atoms with Gasteiger partial charge >= 0.3 is 5.97 Å². The first kappa shape index (κ1) is 14.9.